The van der Waals surface area contributed by atoms with Gasteiger partial charge in [-0.2, -0.15) is 0 Å². The van der Waals surface area contributed by atoms with Gasteiger partial charge in [-0.15, -0.1) is 0 Å². The number of nitrogens with zero attached hydrogens (tertiary/aromatic N) is 1. The Balaban J connectivity index is 2.25. The number of aromatic nitrogens is 1. The van der Waals surface area contributed by atoms with Crippen LogP contribution < -0.4 is 5.32 Å². The molecule has 0 saturated carbocycles. The van der Waals surface area contributed by atoms with E-state index in [2.05, 4.69) is 43.2 Å². The number of hydrogen-bond acceptors (Lipinski definition) is 3. The quantitative estimate of drug-likeness (QED) is 0.578. The lowest BCUT2D eigenvalue weighted by Gasteiger charge is -2.13. The molecule has 0 bridgehead atoms. The predicted molar refractivity (Wildman–Crippen MR) is 89.2 cm³/mol. The van der Waals surface area contributed by atoms with Crippen LogP contribution in [0.5, 0.6) is 0 Å². The van der Waals surface area contributed by atoms with Crippen molar-refractivity contribution in [2.24, 2.45) is 0 Å². The first-order chi connectivity index (χ1) is 10.3. The van der Waals surface area contributed by atoms with Gasteiger partial charge in [0.25, 0.3) is 0 Å². The molecular weight excluding hydrogens is 260 g/mol. The van der Waals surface area contributed by atoms with E-state index in [1.807, 2.05) is 6.07 Å². The van der Waals surface area contributed by atoms with E-state index in [-0.39, 0.29) is 0 Å². The highest BCUT2D eigenvalue weighted by Crippen LogP contribution is 2.10. The summed E-state index contributed by atoms with van der Waals surface area (Å²) in [5.41, 5.74) is 2.13. The first kappa shape index (κ1) is 18.1. The molecule has 1 aromatic heterocycles. The zero-order chi connectivity index (χ0) is 15.3. The van der Waals surface area contributed by atoms with E-state index < -0.39 is 0 Å². The minimum atomic E-state index is 0.325. The Morgan fingerprint density at radius 2 is 1.90 bits per heavy atom. The van der Waals surface area contributed by atoms with Crippen LogP contribution in [-0.2, 0) is 17.9 Å². The molecule has 0 aliphatic carbocycles. The zero-order valence-electron chi connectivity index (χ0n) is 14.0. The average Bonchev–Trinajstić information content (AvgIpc) is 2.50. The summed E-state index contributed by atoms with van der Waals surface area (Å²) in [6.07, 6.45) is 7.84. The summed E-state index contributed by atoms with van der Waals surface area (Å²) in [7, 11) is 0. The van der Waals surface area contributed by atoms with Crippen LogP contribution in [0.1, 0.15) is 70.7 Å². The van der Waals surface area contributed by atoms with E-state index in [9.17, 15) is 0 Å². The van der Waals surface area contributed by atoms with Crippen molar-refractivity contribution in [1.82, 2.24) is 10.3 Å². The summed E-state index contributed by atoms with van der Waals surface area (Å²) < 4.78 is 5.91. The van der Waals surface area contributed by atoms with E-state index in [1.54, 1.807) is 0 Å². The fraction of sp³-hybridized carbons (Fsp3) is 0.722. The Morgan fingerprint density at radius 1 is 1.10 bits per heavy atom. The van der Waals surface area contributed by atoms with Gasteiger partial charge in [-0.25, -0.2) is 0 Å². The van der Waals surface area contributed by atoms with Crippen LogP contribution in [-0.4, -0.2) is 17.6 Å². The maximum Gasteiger partial charge on any atom is 0.0891 e. The molecule has 0 fully saturated rings. The van der Waals surface area contributed by atoms with E-state index >= 15 is 0 Å². The van der Waals surface area contributed by atoms with Gasteiger partial charge in [0.05, 0.1) is 24.1 Å². The van der Waals surface area contributed by atoms with Crippen LogP contribution in [0.4, 0.5) is 0 Å². The maximum atomic E-state index is 5.91. The fourth-order valence-electron chi connectivity index (χ4n) is 2.27. The van der Waals surface area contributed by atoms with Crippen molar-refractivity contribution in [3.63, 3.8) is 0 Å². The molecule has 1 unspecified atom stereocenters. The number of hydrogen-bond donors (Lipinski definition) is 1. The van der Waals surface area contributed by atoms with Crippen molar-refractivity contribution in [2.75, 3.05) is 6.54 Å². The SMILES string of the molecule is CCCCCCC(C)OCc1cccc(CNCCC)n1. The Labute approximate surface area is 130 Å². The minimum absolute atomic E-state index is 0.325. The number of rotatable bonds is 12. The van der Waals surface area contributed by atoms with Crippen LogP contribution in [0, 0.1) is 0 Å². The van der Waals surface area contributed by atoms with Gasteiger partial charge in [0.1, 0.15) is 0 Å². The highest BCUT2D eigenvalue weighted by molar-refractivity contribution is 5.10. The second kappa shape index (κ2) is 11.7. The van der Waals surface area contributed by atoms with Crippen LogP contribution in [0.25, 0.3) is 0 Å². The minimum Gasteiger partial charge on any atom is -0.372 e. The van der Waals surface area contributed by atoms with Gasteiger partial charge in [-0.3, -0.25) is 4.98 Å². The topological polar surface area (TPSA) is 34.1 Å². The smallest absolute Gasteiger partial charge is 0.0891 e. The third kappa shape index (κ3) is 8.84. The van der Waals surface area contributed by atoms with Gasteiger partial charge in [-0.05, 0) is 38.4 Å². The number of unbranched alkanes of at least 4 members (excludes halogenated alkanes) is 3. The molecule has 0 aliphatic rings. The Kier molecular flexibility index (Phi) is 10.1. The molecule has 0 amide bonds. The van der Waals surface area contributed by atoms with Gasteiger partial charge < -0.3 is 10.1 Å². The van der Waals surface area contributed by atoms with Crippen molar-refractivity contribution in [2.45, 2.75) is 78.6 Å². The van der Waals surface area contributed by atoms with E-state index in [4.69, 9.17) is 4.74 Å². The van der Waals surface area contributed by atoms with E-state index in [1.165, 1.54) is 25.7 Å². The van der Waals surface area contributed by atoms with Gasteiger partial charge in [0.15, 0.2) is 0 Å². The van der Waals surface area contributed by atoms with Crippen LogP contribution in [0.15, 0.2) is 18.2 Å². The molecule has 3 heteroatoms. The third-order valence-corrected chi connectivity index (χ3v) is 3.58. The van der Waals surface area contributed by atoms with Gasteiger partial charge in [-0.1, -0.05) is 45.6 Å². The molecule has 0 radical (unpaired) electrons. The molecule has 0 aliphatic heterocycles. The van der Waals surface area contributed by atoms with Crippen molar-refractivity contribution >= 4 is 0 Å². The van der Waals surface area contributed by atoms with Gasteiger partial charge >= 0.3 is 0 Å². The van der Waals surface area contributed by atoms with Crippen molar-refractivity contribution in [1.29, 1.82) is 0 Å². The highest BCUT2D eigenvalue weighted by atomic mass is 16.5. The van der Waals surface area contributed by atoms with Gasteiger partial charge in [0, 0.05) is 6.54 Å². The van der Waals surface area contributed by atoms with Crippen LogP contribution in [0.3, 0.4) is 0 Å². The second-order valence-electron chi connectivity index (χ2n) is 5.77. The summed E-state index contributed by atoms with van der Waals surface area (Å²) in [6.45, 7) is 9.08. The largest absolute Gasteiger partial charge is 0.372 e. The summed E-state index contributed by atoms with van der Waals surface area (Å²) in [6, 6.07) is 6.19. The monoisotopic (exact) mass is 292 g/mol. The summed E-state index contributed by atoms with van der Waals surface area (Å²) >= 11 is 0. The summed E-state index contributed by atoms with van der Waals surface area (Å²) in [4.78, 5) is 4.64. The van der Waals surface area contributed by atoms with E-state index in [0.29, 0.717) is 12.7 Å². The van der Waals surface area contributed by atoms with E-state index in [0.717, 1.165) is 37.3 Å². The number of nitrogens with one attached hydrogen (secondary N) is 1. The Hall–Kier alpha value is -0.930. The van der Waals surface area contributed by atoms with Crippen molar-refractivity contribution in [3.05, 3.63) is 29.6 Å². The lowest BCUT2D eigenvalue weighted by Crippen LogP contribution is -2.15. The summed E-state index contributed by atoms with van der Waals surface area (Å²) in [5.74, 6) is 0. The van der Waals surface area contributed by atoms with Crippen molar-refractivity contribution in [3.8, 4) is 0 Å². The molecule has 120 valence electrons. The molecule has 0 spiro atoms. The molecule has 0 saturated heterocycles. The molecule has 1 rings (SSSR count). The number of ether oxygens (including phenoxy) is 1. The van der Waals surface area contributed by atoms with Gasteiger partial charge in [0.2, 0.25) is 0 Å². The molecule has 21 heavy (non-hydrogen) atoms. The van der Waals surface area contributed by atoms with Crippen LogP contribution >= 0.6 is 0 Å². The predicted octanol–water partition coefficient (Wildman–Crippen LogP) is 4.46. The number of pyridine rings is 1. The highest BCUT2D eigenvalue weighted by Gasteiger charge is 2.04. The fourth-order valence-corrected chi connectivity index (χ4v) is 2.27. The Bertz CT molecular complexity index is 368. The molecule has 3 nitrogen and oxygen atoms in total. The molecule has 1 N–H and O–H groups in total. The molecule has 1 heterocycles. The maximum absolute atomic E-state index is 5.91. The normalized spacial score (nSPS) is 12.5. The van der Waals surface area contributed by atoms with Crippen molar-refractivity contribution < 1.29 is 4.74 Å². The zero-order valence-corrected chi connectivity index (χ0v) is 14.0. The lowest BCUT2D eigenvalue weighted by molar-refractivity contribution is 0.0439. The molecular formula is C18H32N2O. The first-order valence-electron chi connectivity index (χ1n) is 8.53. The average molecular weight is 292 g/mol. The second-order valence-corrected chi connectivity index (χ2v) is 5.77. The lowest BCUT2D eigenvalue weighted by atomic mass is 10.1. The molecule has 0 aromatic carbocycles. The molecule has 1 aromatic rings. The third-order valence-electron chi connectivity index (χ3n) is 3.58. The first-order valence-corrected chi connectivity index (χ1v) is 8.53. The standard InChI is InChI=1S/C18H32N2O/c1-4-6-7-8-10-16(3)21-15-18-12-9-11-17(20-18)14-19-13-5-2/h9,11-12,16,19H,4-8,10,13-15H2,1-3H3. The summed E-state index contributed by atoms with van der Waals surface area (Å²) in [5, 5.41) is 3.38. The molecule has 1 atom stereocenters. The van der Waals surface area contributed by atoms with Crippen LogP contribution in [0.2, 0.25) is 0 Å². The Morgan fingerprint density at radius 3 is 2.67 bits per heavy atom.